The summed E-state index contributed by atoms with van der Waals surface area (Å²) in [5.41, 5.74) is 6.51. The monoisotopic (exact) mass is 266 g/mol. The quantitative estimate of drug-likeness (QED) is 0.873. The molecule has 0 amide bonds. The Morgan fingerprint density at radius 2 is 2.00 bits per heavy atom. The van der Waals surface area contributed by atoms with Gasteiger partial charge in [-0.25, -0.2) is 9.37 Å². The highest BCUT2D eigenvalue weighted by atomic mass is 32.1. The van der Waals surface area contributed by atoms with Crippen LogP contribution in [0.2, 0.25) is 0 Å². The van der Waals surface area contributed by atoms with Gasteiger partial charge in [0.05, 0.1) is 17.3 Å². The van der Waals surface area contributed by atoms with Crippen LogP contribution in [0.5, 0.6) is 5.75 Å². The third-order valence-electron chi connectivity index (χ3n) is 2.40. The molecule has 5 heteroatoms. The number of halogens is 1. The van der Waals surface area contributed by atoms with Gasteiger partial charge in [-0.2, -0.15) is 0 Å². The minimum absolute atomic E-state index is 0.256. The van der Waals surface area contributed by atoms with Gasteiger partial charge in [0.25, 0.3) is 0 Å². The Bertz CT molecular complexity index is 484. The molecule has 2 N–H and O–H groups in total. The summed E-state index contributed by atoms with van der Waals surface area (Å²) in [4.78, 5) is 4.44. The Labute approximate surface area is 109 Å². The summed E-state index contributed by atoms with van der Waals surface area (Å²) in [5, 5.41) is 3.07. The second kappa shape index (κ2) is 6.47. The molecule has 0 saturated carbocycles. The summed E-state index contributed by atoms with van der Waals surface area (Å²) in [6.07, 6.45) is 1.57. The zero-order valence-corrected chi connectivity index (χ0v) is 10.8. The average molecular weight is 266 g/mol. The minimum Gasteiger partial charge on any atom is -0.493 e. The van der Waals surface area contributed by atoms with Gasteiger partial charge in [-0.1, -0.05) is 0 Å². The van der Waals surface area contributed by atoms with Crippen molar-refractivity contribution in [3.05, 3.63) is 46.2 Å². The molecule has 0 saturated heterocycles. The highest BCUT2D eigenvalue weighted by Gasteiger charge is 2.02. The summed E-state index contributed by atoms with van der Waals surface area (Å²) >= 11 is 1.62. The van der Waals surface area contributed by atoms with E-state index in [1.54, 1.807) is 23.5 Å². The number of thiazole rings is 1. The lowest BCUT2D eigenvalue weighted by atomic mass is 10.3. The molecule has 0 aliphatic carbocycles. The third kappa shape index (κ3) is 3.78. The summed E-state index contributed by atoms with van der Waals surface area (Å²) in [7, 11) is 0. The molecular formula is C13H15FN2OS. The van der Waals surface area contributed by atoms with E-state index in [4.69, 9.17) is 10.5 Å². The molecule has 0 aliphatic rings. The van der Waals surface area contributed by atoms with Crippen molar-refractivity contribution in [1.82, 2.24) is 4.98 Å². The Balaban J connectivity index is 1.79. The Morgan fingerprint density at radius 3 is 2.72 bits per heavy atom. The lowest BCUT2D eigenvalue weighted by Gasteiger charge is -2.04. The van der Waals surface area contributed by atoms with Gasteiger partial charge >= 0.3 is 0 Å². The van der Waals surface area contributed by atoms with Crippen LogP contribution in [0.15, 0.2) is 29.6 Å². The first-order valence-corrected chi connectivity index (χ1v) is 6.67. The van der Waals surface area contributed by atoms with Crippen LogP contribution < -0.4 is 10.5 Å². The van der Waals surface area contributed by atoms with E-state index in [9.17, 15) is 4.39 Å². The number of nitrogens with zero attached hydrogens (tertiary/aromatic N) is 1. The summed E-state index contributed by atoms with van der Waals surface area (Å²) in [6.45, 7) is 1.16. The van der Waals surface area contributed by atoms with E-state index >= 15 is 0 Å². The van der Waals surface area contributed by atoms with E-state index in [2.05, 4.69) is 4.98 Å². The predicted molar refractivity (Wildman–Crippen MR) is 70.5 cm³/mol. The molecule has 2 rings (SSSR count). The first-order chi connectivity index (χ1) is 8.78. The topological polar surface area (TPSA) is 48.1 Å². The summed E-state index contributed by atoms with van der Waals surface area (Å²) in [6, 6.07) is 6.02. The second-order valence-corrected chi connectivity index (χ2v) is 4.77. The maximum Gasteiger partial charge on any atom is 0.123 e. The standard InChI is InChI=1S/C13H15FN2OS/c14-10-1-3-12(4-2-10)17-8-6-13-16-11(5-7-15)9-18-13/h1-4,9H,5-8,15H2. The fraction of sp³-hybridized carbons (Fsp3) is 0.308. The molecule has 1 aromatic carbocycles. The van der Waals surface area contributed by atoms with Crippen molar-refractivity contribution >= 4 is 11.3 Å². The lowest BCUT2D eigenvalue weighted by molar-refractivity contribution is 0.321. The zero-order chi connectivity index (χ0) is 12.8. The van der Waals surface area contributed by atoms with Crippen LogP contribution in [-0.4, -0.2) is 18.1 Å². The van der Waals surface area contributed by atoms with Crippen molar-refractivity contribution in [3.8, 4) is 5.75 Å². The first-order valence-electron chi connectivity index (χ1n) is 5.79. The Morgan fingerprint density at radius 1 is 1.22 bits per heavy atom. The predicted octanol–water partition coefficient (Wildman–Crippen LogP) is 2.40. The normalized spacial score (nSPS) is 10.6. The number of nitrogens with two attached hydrogens (primary N) is 1. The largest absolute Gasteiger partial charge is 0.493 e. The van der Waals surface area contributed by atoms with Crippen LogP contribution in [0.3, 0.4) is 0 Å². The van der Waals surface area contributed by atoms with Crippen molar-refractivity contribution in [2.24, 2.45) is 5.73 Å². The van der Waals surface area contributed by atoms with Gasteiger partial charge in [-0.05, 0) is 30.8 Å². The fourth-order valence-electron chi connectivity index (χ4n) is 1.51. The Hall–Kier alpha value is -1.46. The van der Waals surface area contributed by atoms with Crippen LogP contribution in [0.25, 0.3) is 0 Å². The van der Waals surface area contributed by atoms with E-state index in [0.29, 0.717) is 18.9 Å². The van der Waals surface area contributed by atoms with Crippen LogP contribution in [0.4, 0.5) is 4.39 Å². The Kier molecular flexibility index (Phi) is 4.66. The SMILES string of the molecule is NCCc1csc(CCOc2ccc(F)cc2)n1. The third-order valence-corrected chi connectivity index (χ3v) is 3.36. The summed E-state index contributed by atoms with van der Waals surface area (Å²) < 4.78 is 18.2. The van der Waals surface area contributed by atoms with Gasteiger partial charge in [0.15, 0.2) is 0 Å². The van der Waals surface area contributed by atoms with E-state index in [-0.39, 0.29) is 5.82 Å². The number of aromatic nitrogens is 1. The summed E-state index contributed by atoms with van der Waals surface area (Å²) in [5.74, 6) is 0.420. The van der Waals surface area contributed by atoms with Crippen LogP contribution in [-0.2, 0) is 12.8 Å². The molecule has 0 fully saturated rings. The van der Waals surface area contributed by atoms with E-state index in [1.165, 1.54) is 12.1 Å². The number of ether oxygens (including phenoxy) is 1. The van der Waals surface area contributed by atoms with Gasteiger partial charge < -0.3 is 10.5 Å². The van der Waals surface area contributed by atoms with E-state index in [0.717, 1.165) is 23.5 Å². The van der Waals surface area contributed by atoms with Crippen molar-refractivity contribution in [2.45, 2.75) is 12.8 Å². The highest BCUT2D eigenvalue weighted by Crippen LogP contribution is 2.14. The average Bonchev–Trinajstić information content (AvgIpc) is 2.80. The second-order valence-electron chi connectivity index (χ2n) is 3.82. The van der Waals surface area contributed by atoms with Crippen LogP contribution >= 0.6 is 11.3 Å². The van der Waals surface area contributed by atoms with Crippen molar-refractivity contribution < 1.29 is 9.13 Å². The molecule has 0 bridgehead atoms. The van der Waals surface area contributed by atoms with Gasteiger partial charge in [0.2, 0.25) is 0 Å². The molecule has 0 spiro atoms. The van der Waals surface area contributed by atoms with Crippen molar-refractivity contribution in [2.75, 3.05) is 13.2 Å². The molecule has 2 aromatic rings. The number of hydrogen-bond acceptors (Lipinski definition) is 4. The first kappa shape index (κ1) is 13.0. The molecule has 0 radical (unpaired) electrons. The van der Waals surface area contributed by atoms with Crippen LogP contribution in [0, 0.1) is 5.82 Å². The molecule has 96 valence electrons. The van der Waals surface area contributed by atoms with Gasteiger partial charge in [0, 0.05) is 18.2 Å². The minimum atomic E-state index is -0.256. The molecule has 1 heterocycles. The lowest BCUT2D eigenvalue weighted by Crippen LogP contribution is -2.04. The van der Waals surface area contributed by atoms with Gasteiger partial charge in [-0.3, -0.25) is 0 Å². The highest BCUT2D eigenvalue weighted by molar-refractivity contribution is 7.09. The van der Waals surface area contributed by atoms with E-state index in [1.807, 2.05) is 5.38 Å². The number of hydrogen-bond donors (Lipinski definition) is 1. The van der Waals surface area contributed by atoms with Crippen LogP contribution in [0.1, 0.15) is 10.7 Å². The molecule has 3 nitrogen and oxygen atoms in total. The van der Waals surface area contributed by atoms with Crippen molar-refractivity contribution in [1.29, 1.82) is 0 Å². The zero-order valence-electron chi connectivity index (χ0n) is 9.93. The fourth-order valence-corrected chi connectivity index (χ4v) is 2.33. The number of benzene rings is 1. The van der Waals surface area contributed by atoms with E-state index < -0.39 is 0 Å². The van der Waals surface area contributed by atoms with Gasteiger partial charge in [0.1, 0.15) is 11.6 Å². The molecule has 0 aliphatic heterocycles. The molecular weight excluding hydrogens is 251 g/mol. The van der Waals surface area contributed by atoms with Crippen molar-refractivity contribution in [3.63, 3.8) is 0 Å². The maximum atomic E-state index is 12.7. The molecule has 0 atom stereocenters. The number of rotatable bonds is 6. The molecule has 18 heavy (non-hydrogen) atoms. The molecule has 0 unspecified atom stereocenters. The smallest absolute Gasteiger partial charge is 0.123 e. The maximum absolute atomic E-state index is 12.7. The van der Waals surface area contributed by atoms with Gasteiger partial charge in [-0.15, -0.1) is 11.3 Å². The molecule has 1 aromatic heterocycles.